The van der Waals surface area contributed by atoms with Crippen LogP contribution in [0.15, 0.2) is 27.6 Å². The molecule has 2 rings (SSSR count). The highest BCUT2D eigenvalue weighted by atomic mass is 79.9. The second-order valence-electron chi connectivity index (χ2n) is 5.02. The van der Waals surface area contributed by atoms with Gasteiger partial charge in [-0.3, -0.25) is 14.5 Å². The zero-order valence-electron chi connectivity index (χ0n) is 12.4. The largest absolute Gasteiger partial charge is 0.481 e. The number of imide groups is 1. The van der Waals surface area contributed by atoms with E-state index in [1.165, 1.54) is 4.90 Å². The molecule has 0 bridgehead atoms. The van der Waals surface area contributed by atoms with Crippen LogP contribution in [-0.2, 0) is 9.59 Å². The number of hydrogen-bond donors (Lipinski definition) is 1. The van der Waals surface area contributed by atoms with E-state index in [4.69, 9.17) is 9.84 Å². The predicted octanol–water partition coefficient (Wildman–Crippen LogP) is 3.36. The third kappa shape index (κ3) is 4.14. The molecule has 1 aromatic carbocycles. The van der Waals surface area contributed by atoms with Gasteiger partial charge in [0, 0.05) is 6.04 Å². The first kappa shape index (κ1) is 17.6. The molecule has 0 unspecified atom stereocenters. The van der Waals surface area contributed by atoms with Crippen LogP contribution >= 0.6 is 27.7 Å². The van der Waals surface area contributed by atoms with Crippen LogP contribution in [0.1, 0.15) is 19.4 Å². The summed E-state index contributed by atoms with van der Waals surface area (Å²) in [6, 6.07) is 4.80. The average molecular weight is 400 g/mol. The van der Waals surface area contributed by atoms with Crippen LogP contribution in [0.5, 0.6) is 5.75 Å². The maximum absolute atomic E-state index is 12.2. The Morgan fingerprint density at radius 1 is 1.43 bits per heavy atom. The number of carbonyl (C=O) groups is 3. The zero-order chi connectivity index (χ0) is 17.1. The van der Waals surface area contributed by atoms with Crippen molar-refractivity contribution in [1.29, 1.82) is 0 Å². The lowest BCUT2D eigenvalue weighted by Gasteiger charge is -2.16. The van der Waals surface area contributed by atoms with E-state index in [1.54, 1.807) is 38.1 Å². The fourth-order valence-electron chi connectivity index (χ4n) is 1.94. The van der Waals surface area contributed by atoms with E-state index in [2.05, 4.69) is 15.9 Å². The molecule has 0 saturated carbocycles. The Labute approximate surface area is 145 Å². The fourth-order valence-corrected chi connectivity index (χ4v) is 3.41. The number of amides is 2. The average Bonchev–Trinajstić information content (AvgIpc) is 2.72. The first-order valence-electron chi connectivity index (χ1n) is 6.71. The van der Waals surface area contributed by atoms with Gasteiger partial charge >= 0.3 is 5.97 Å². The standard InChI is InChI=1S/C15H14BrNO5S/c1-8(2)17-14(20)12(23-15(17)21)6-9-3-4-11(10(16)5-9)22-7-13(18)19/h3-6,8H,7H2,1-2H3,(H,18,19)/b12-6+. The molecule has 1 N–H and O–H groups in total. The SMILES string of the molecule is CC(C)N1C(=O)S/C(=C/c2ccc(OCC(=O)O)c(Br)c2)C1=O. The van der Waals surface area contributed by atoms with Crippen molar-refractivity contribution in [3.05, 3.63) is 33.1 Å². The summed E-state index contributed by atoms with van der Waals surface area (Å²) in [6.45, 7) is 3.13. The van der Waals surface area contributed by atoms with Crippen molar-refractivity contribution < 1.29 is 24.2 Å². The first-order valence-corrected chi connectivity index (χ1v) is 8.31. The summed E-state index contributed by atoms with van der Waals surface area (Å²) in [7, 11) is 0. The molecule has 8 heteroatoms. The van der Waals surface area contributed by atoms with Crippen LogP contribution in [-0.4, -0.2) is 39.8 Å². The van der Waals surface area contributed by atoms with Crippen molar-refractivity contribution >= 4 is 50.9 Å². The molecular weight excluding hydrogens is 386 g/mol. The van der Waals surface area contributed by atoms with Gasteiger partial charge in [0.15, 0.2) is 6.61 Å². The van der Waals surface area contributed by atoms with E-state index in [0.29, 0.717) is 20.7 Å². The minimum atomic E-state index is -1.07. The number of benzene rings is 1. The summed E-state index contributed by atoms with van der Waals surface area (Å²) < 4.78 is 5.67. The van der Waals surface area contributed by atoms with E-state index in [1.807, 2.05) is 0 Å². The van der Waals surface area contributed by atoms with Crippen molar-refractivity contribution in [3.63, 3.8) is 0 Å². The van der Waals surface area contributed by atoms with Gasteiger partial charge in [0.25, 0.3) is 11.1 Å². The molecule has 1 aliphatic heterocycles. The topological polar surface area (TPSA) is 83.9 Å². The van der Waals surface area contributed by atoms with Crippen LogP contribution in [0.3, 0.4) is 0 Å². The Morgan fingerprint density at radius 2 is 2.13 bits per heavy atom. The van der Waals surface area contributed by atoms with Crippen LogP contribution in [0, 0.1) is 0 Å². The molecule has 0 atom stereocenters. The van der Waals surface area contributed by atoms with Crippen molar-refractivity contribution in [2.24, 2.45) is 0 Å². The summed E-state index contributed by atoms with van der Waals surface area (Å²) in [5.41, 5.74) is 0.703. The molecule has 2 amide bonds. The third-order valence-corrected chi connectivity index (χ3v) is 4.45. The summed E-state index contributed by atoms with van der Waals surface area (Å²) in [4.78, 5) is 36.1. The Bertz CT molecular complexity index is 701. The van der Waals surface area contributed by atoms with E-state index in [9.17, 15) is 14.4 Å². The number of ether oxygens (including phenoxy) is 1. The van der Waals surface area contributed by atoms with Gasteiger partial charge in [-0.05, 0) is 65.3 Å². The fraction of sp³-hybridized carbons (Fsp3) is 0.267. The zero-order valence-corrected chi connectivity index (χ0v) is 14.8. The van der Waals surface area contributed by atoms with E-state index >= 15 is 0 Å². The summed E-state index contributed by atoms with van der Waals surface area (Å²) in [5, 5.41) is 8.33. The summed E-state index contributed by atoms with van der Waals surface area (Å²) in [5.74, 6) is -0.986. The van der Waals surface area contributed by atoms with Crippen molar-refractivity contribution in [1.82, 2.24) is 4.90 Å². The lowest BCUT2D eigenvalue weighted by molar-refractivity contribution is -0.139. The van der Waals surface area contributed by atoms with Crippen LogP contribution in [0.25, 0.3) is 6.08 Å². The number of rotatable bonds is 5. The number of hydrogen-bond acceptors (Lipinski definition) is 5. The van der Waals surface area contributed by atoms with Crippen molar-refractivity contribution in [2.75, 3.05) is 6.61 Å². The highest BCUT2D eigenvalue weighted by Crippen LogP contribution is 2.34. The van der Waals surface area contributed by atoms with Crippen LogP contribution in [0.2, 0.25) is 0 Å². The molecule has 1 heterocycles. The molecule has 1 aromatic rings. The number of thioether (sulfide) groups is 1. The number of carbonyl (C=O) groups excluding carboxylic acids is 2. The molecule has 0 aliphatic carbocycles. The Hall–Kier alpha value is -1.80. The molecule has 0 aromatic heterocycles. The van der Waals surface area contributed by atoms with E-state index in [-0.39, 0.29) is 17.2 Å². The first-order chi connectivity index (χ1) is 10.8. The molecule has 6 nitrogen and oxygen atoms in total. The van der Waals surface area contributed by atoms with E-state index < -0.39 is 12.6 Å². The predicted molar refractivity (Wildman–Crippen MR) is 90.2 cm³/mol. The van der Waals surface area contributed by atoms with Gasteiger partial charge < -0.3 is 9.84 Å². The molecule has 23 heavy (non-hydrogen) atoms. The van der Waals surface area contributed by atoms with Gasteiger partial charge in [0.05, 0.1) is 9.38 Å². The molecule has 122 valence electrons. The lowest BCUT2D eigenvalue weighted by Crippen LogP contribution is -2.34. The van der Waals surface area contributed by atoms with Gasteiger partial charge in [-0.15, -0.1) is 0 Å². The monoisotopic (exact) mass is 399 g/mol. The quantitative estimate of drug-likeness (QED) is 0.764. The van der Waals surface area contributed by atoms with Gasteiger partial charge in [0.2, 0.25) is 0 Å². The Kier molecular flexibility index (Phi) is 5.48. The van der Waals surface area contributed by atoms with Crippen molar-refractivity contribution in [2.45, 2.75) is 19.9 Å². The summed E-state index contributed by atoms with van der Waals surface area (Å²) in [6.07, 6.45) is 1.62. The lowest BCUT2D eigenvalue weighted by atomic mass is 10.2. The highest BCUT2D eigenvalue weighted by Gasteiger charge is 2.36. The number of nitrogens with zero attached hydrogens (tertiary/aromatic N) is 1. The Balaban J connectivity index is 2.20. The summed E-state index contributed by atoms with van der Waals surface area (Å²) >= 11 is 4.20. The van der Waals surface area contributed by atoms with Gasteiger partial charge in [-0.25, -0.2) is 4.79 Å². The van der Waals surface area contributed by atoms with Gasteiger partial charge in [-0.1, -0.05) is 6.07 Å². The molecule has 0 spiro atoms. The van der Waals surface area contributed by atoms with Crippen molar-refractivity contribution in [3.8, 4) is 5.75 Å². The Morgan fingerprint density at radius 3 is 2.65 bits per heavy atom. The smallest absolute Gasteiger partial charge is 0.341 e. The molecular formula is C15H14BrNO5S. The number of carboxylic acid groups (broad SMARTS) is 1. The number of aliphatic carboxylic acids is 1. The maximum Gasteiger partial charge on any atom is 0.341 e. The second kappa shape index (κ2) is 7.18. The molecule has 1 aliphatic rings. The maximum atomic E-state index is 12.2. The van der Waals surface area contributed by atoms with E-state index in [0.717, 1.165) is 11.8 Å². The highest BCUT2D eigenvalue weighted by molar-refractivity contribution is 9.10. The normalized spacial score (nSPS) is 16.5. The number of carboxylic acids is 1. The van der Waals surface area contributed by atoms with Crippen LogP contribution in [0.4, 0.5) is 4.79 Å². The van der Waals surface area contributed by atoms with Gasteiger partial charge in [0.1, 0.15) is 5.75 Å². The second-order valence-corrected chi connectivity index (χ2v) is 6.87. The van der Waals surface area contributed by atoms with Crippen LogP contribution < -0.4 is 4.74 Å². The molecule has 0 radical (unpaired) electrons. The third-order valence-electron chi connectivity index (χ3n) is 2.94. The minimum Gasteiger partial charge on any atom is -0.481 e. The molecule has 1 saturated heterocycles. The van der Waals surface area contributed by atoms with Gasteiger partial charge in [-0.2, -0.15) is 0 Å². The number of halogens is 1. The molecule has 1 fully saturated rings. The minimum absolute atomic E-state index is 0.188.